The number of hydrogen-bond acceptors (Lipinski definition) is 3. The van der Waals surface area contributed by atoms with Gasteiger partial charge in [0.1, 0.15) is 0 Å². The van der Waals surface area contributed by atoms with E-state index in [2.05, 4.69) is 15.9 Å². The third-order valence-electron chi connectivity index (χ3n) is 2.48. The smallest absolute Gasteiger partial charge is 0.175 e. The highest BCUT2D eigenvalue weighted by Gasteiger charge is 2.16. The Morgan fingerprint density at radius 3 is 2.88 bits per heavy atom. The van der Waals surface area contributed by atoms with Crippen molar-refractivity contribution in [3.05, 3.63) is 22.2 Å². The van der Waals surface area contributed by atoms with Crippen molar-refractivity contribution in [2.75, 3.05) is 13.2 Å². The van der Waals surface area contributed by atoms with Gasteiger partial charge in [0.2, 0.25) is 0 Å². The maximum atomic E-state index is 5.81. The molecule has 1 aliphatic heterocycles. The van der Waals surface area contributed by atoms with E-state index >= 15 is 0 Å². The lowest BCUT2D eigenvalue weighted by Crippen LogP contribution is -2.18. The minimum Gasteiger partial charge on any atom is -0.490 e. The summed E-state index contributed by atoms with van der Waals surface area (Å²) in [4.78, 5) is 0. The normalized spacial score (nSPS) is 16.7. The van der Waals surface area contributed by atoms with Crippen LogP contribution in [0.15, 0.2) is 16.6 Å². The number of halogens is 1. The predicted molar refractivity (Wildman–Crippen MR) is 67.1 cm³/mol. The summed E-state index contributed by atoms with van der Waals surface area (Å²) in [6, 6.07) is 4.14. The highest BCUT2D eigenvalue weighted by molar-refractivity contribution is 9.10. The number of rotatable bonds is 2. The van der Waals surface area contributed by atoms with Crippen molar-refractivity contribution in [2.45, 2.75) is 25.8 Å². The van der Waals surface area contributed by atoms with Gasteiger partial charge in [-0.05, 0) is 40.9 Å². The number of benzene rings is 1. The fourth-order valence-corrected chi connectivity index (χ4v) is 2.35. The highest BCUT2D eigenvalue weighted by Crippen LogP contribution is 2.39. The second kappa shape index (κ2) is 5.06. The molecule has 1 heterocycles. The molecule has 16 heavy (non-hydrogen) atoms. The van der Waals surface area contributed by atoms with Gasteiger partial charge in [0.15, 0.2) is 11.5 Å². The molecule has 0 aliphatic carbocycles. The molecular formula is C12H16BrNO2. The van der Waals surface area contributed by atoms with E-state index in [0.29, 0.717) is 13.2 Å². The molecule has 1 atom stereocenters. The van der Waals surface area contributed by atoms with E-state index in [4.69, 9.17) is 15.2 Å². The van der Waals surface area contributed by atoms with Crippen molar-refractivity contribution in [1.82, 2.24) is 0 Å². The van der Waals surface area contributed by atoms with Crippen LogP contribution in [-0.4, -0.2) is 19.3 Å². The van der Waals surface area contributed by atoms with Crippen LogP contribution >= 0.6 is 15.9 Å². The predicted octanol–water partition coefficient (Wildman–Crippen LogP) is 2.50. The summed E-state index contributed by atoms with van der Waals surface area (Å²) < 4.78 is 12.3. The average Bonchev–Trinajstić information content (AvgIpc) is 2.47. The number of nitrogens with two attached hydrogens (primary N) is 1. The highest BCUT2D eigenvalue weighted by atomic mass is 79.9. The fraction of sp³-hybridized carbons (Fsp3) is 0.500. The van der Waals surface area contributed by atoms with Crippen molar-refractivity contribution >= 4 is 15.9 Å². The fourth-order valence-electron chi connectivity index (χ4n) is 1.75. The van der Waals surface area contributed by atoms with E-state index in [-0.39, 0.29) is 6.04 Å². The lowest BCUT2D eigenvalue weighted by Gasteiger charge is -2.14. The van der Waals surface area contributed by atoms with E-state index in [0.717, 1.165) is 28.8 Å². The maximum absolute atomic E-state index is 5.81. The van der Waals surface area contributed by atoms with Crippen LogP contribution in [0.1, 0.15) is 18.9 Å². The largest absolute Gasteiger partial charge is 0.490 e. The first-order chi connectivity index (χ1) is 7.68. The minimum absolute atomic E-state index is 0.140. The SMILES string of the molecule is CC(N)Cc1ccc2c(c1Br)OCCCO2. The first kappa shape index (κ1) is 11.7. The summed E-state index contributed by atoms with van der Waals surface area (Å²) >= 11 is 3.57. The van der Waals surface area contributed by atoms with Crippen LogP contribution in [-0.2, 0) is 6.42 Å². The Labute approximate surface area is 104 Å². The molecule has 0 amide bonds. The van der Waals surface area contributed by atoms with E-state index in [1.54, 1.807) is 0 Å². The van der Waals surface area contributed by atoms with Crippen molar-refractivity contribution in [1.29, 1.82) is 0 Å². The second-order valence-corrected chi connectivity index (χ2v) is 4.89. The quantitative estimate of drug-likeness (QED) is 0.908. The zero-order valence-electron chi connectivity index (χ0n) is 9.33. The van der Waals surface area contributed by atoms with Gasteiger partial charge < -0.3 is 15.2 Å². The summed E-state index contributed by atoms with van der Waals surface area (Å²) in [6.45, 7) is 3.41. The van der Waals surface area contributed by atoms with Crippen molar-refractivity contribution in [3.8, 4) is 11.5 Å². The summed E-state index contributed by atoms with van der Waals surface area (Å²) in [5, 5.41) is 0. The zero-order chi connectivity index (χ0) is 11.5. The molecule has 3 nitrogen and oxygen atoms in total. The molecule has 1 aromatic carbocycles. The standard InChI is InChI=1S/C12H16BrNO2/c1-8(14)7-9-3-4-10-12(11(9)13)16-6-2-5-15-10/h3-4,8H,2,5-7,14H2,1H3. The van der Waals surface area contributed by atoms with Crippen molar-refractivity contribution in [2.24, 2.45) is 5.73 Å². The Balaban J connectivity index is 2.33. The van der Waals surface area contributed by atoms with Crippen molar-refractivity contribution < 1.29 is 9.47 Å². The molecule has 4 heteroatoms. The molecule has 2 rings (SSSR count). The van der Waals surface area contributed by atoms with Crippen LogP contribution in [0.4, 0.5) is 0 Å². The molecule has 1 aromatic rings. The molecule has 88 valence electrons. The van der Waals surface area contributed by atoms with Gasteiger partial charge in [-0.3, -0.25) is 0 Å². The van der Waals surface area contributed by atoms with Gasteiger partial charge >= 0.3 is 0 Å². The molecule has 0 saturated carbocycles. The first-order valence-electron chi connectivity index (χ1n) is 5.51. The van der Waals surface area contributed by atoms with Gasteiger partial charge in [-0.25, -0.2) is 0 Å². The van der Waals surface area contributed by atoms with E-state index in [1.807, 2.05) is 19.1 Å². The van der Waals surface area contributed by atoms with Crippen LogP contribution in [0.2, 0.25) is 0 Å². The van der Waals surface area contributed by atoms with Crippen LogP contribution in [0, 0.1) is 0 Å². The molecule has 0 fully saturated rings. The summed E-state index contributed by atoms with van der Waals surface area (Å²) in [6.07, 6.45) is 1.75. The van der Waals surface area contributed by atoms with E-state index in [9.17, 15) is 0 Å². The van der Waals surface area contributed by atoms with E-state index in [1.165, 1.54) is 5.56 Å². The Bertz CT molecular complexity index is 380. The van der Waals surface area contributed by atoms with Gasteiger partial charge in [0.25, 0.3) is 0 Å². The molecule has 1 unspecified atom stereocenters. The molecule has 2 N–H and O–H groups in total. The van der Waals surface area contributed by atoms with Crippen LogP contribution in [0.5, 0.6) is 11.5 Å². The Morgan fingerprint density at radius 2 is 2.12 bits per heavy atom. The minimum atomic E-state index is 0.140. The van der Waals surface area contributed by atoms with Crippen LogP contribution < -0.4 is 15.2 Å². The van der Waals surface area contributed by atoms with Gasteiger partial charge in [-0.1, -0.05) is 6.07 Å². The van der Waals surface area contributed by atoms with Crippen molar-refractivity contribution in [3.63, 3.8) is 0 Å². The number of fused-ring (bicyclic) bond motifs is 1. The third-order valence-corrected chi connectivity index (χ3v) is 3.34. The Kier molecular flexibility index (Phi) is 3.71. The van der Waals surface area contributed by atoms with Crippen LogP contribution in [0.3, 0.4) is 0 Å². The molecule has 0 aromatic heterocycles. The lowest BCUT2D eigenvalue weighted by atomic mass is 10.1. The molecule has 1 aliphatic rings. The number of ether oxygens (including phenoxy) is 2. The lowest BCUT2D eigenvalue weighted by molar-refractivity contribution is 0.296. The third kappa shape index (κ3) is 2.50. The van der Waals surface area contributed by atoms with Crippen LogP contribution in [0.25, 0.3) is 0 Å². The Morgan fingerprint density at radius 1 is 1.38 bits per heavy atom. The molecule has 0 bridgehead atoms. The molecule has 0 spiro atoms. The summed E-state index contributed by atoms with van der Waals surface area (Å²) in [5.41, 5.74) is 6.97. The van der Waals surface area contributed by atoms with Gasteiger partial charge in [-0.2, -0.15) is 0 Å². The topological polar surface area (TPSA) is 44.5 Å². The summed E-state index contributed by atoms with van der Waals surface area (Å²) in [5.74, 6) is 1.63. The maximum Gasteiger partial charge on any atom is 0.175 e. The summed E-state index contributed by atoms with van der Waals surface area (Å²) in [7, 11) is 0. The van der Waals surface area contributed by atoms with Gasteiger partial charge in [0, 0.05) is 12.5 Å². The molecule has 0 radical (unpaired) electrons. The molecule has 0 saturated heterocycles. The average molecular weight is 286 g/mol. The Hall–Kier alpha value is -0.740. The zero-order valence-corrected chi connectivity index (χ0v) is 10.9. The van der Waals surface area contributed by atoms with Gasteiger partial charge in [0.05, 0.1) is 17.7 Å². The molecular weight excluding hydrogens is 270 g/mol. The van der Waals surface area contributed by atoms with Gasteiger partial charge in [-0.15, -0.1) is 0 Å². The monoisotopic (exact) mass is 285 g/mol. The number of hydrogen-bond donors (Lipinski definition) is 1. The van der Waals surface area contributed by atoms with E-state index < -0.39 is 0 Å². The first-order valence-corrected chi connectivity index (χ1v) is 6.30. The second-order valence-electron chi connectivity index (χ2n) is 4.10.